The van der Waals surface area contributed by atoms with Crippen LogP contribution in [0.25, 0.3) is 0 Å². The summed E-state index contributed by atoms with van der Waals surface area (Å²) in [6.45, 7) is 0.0942. The van der Waals surface area contributed by atoms with Crippen molar-refractivity contribution >= 4 is 46.1 Å². The highest BCUT2D eigenvalue weighted by Crippen LogP contribution is 2.34. The second kappa shape index (κ2) is 12.2. The monoisotopic (exact) mass is 571 g/mol. The largest absolute Gasteiger partial charge is 0.497 e. The summed E-state index contributed by atoms with van der Waals surface area (Å²) >= 11 is 0.980. The Kier molecular flexibility index (Phi) is 8.78. The molecular formula is C28H24F3N3O5S. The maximum Gasteiger partial charge on any atom is 0.416 e. The molecule has 1 saturated heterocycles. The van der Waals surface area contributed by atoms with Gasteiger partial charge >= 0.3 is 12.1 Å². The average molecular weight is 572 g/mol. The molecule has 12 heteroatoms. The Labute approximate surface area is 232 Å². The van der Waals surface area contributed by atoms with Gasteiger partial charge in [0, 0.05) is 12.1 Å². The van der Waals surface area contributed by atoms with Crippen LogP contribution in [0.1, 0.15) is 27.9 Å². The number of hydrogen-bond donors (Lipinski definition) is 1. The maximum atomic E-state index is 13.3. The standard InChI is InChI=1S/C28H24F3N3O5S/c1-38-22-12-6-17(7-13-22)16-34-24(35)15-23(25(36)32-20-10-8-18(9-11-20)26(37)39-2)40-27(34)33-21-5-3-4-19(14-21)28(29,30)31/h3-14,23H,15-16H2,1-2H3,(H,32,36). The third-order valence-corrected chi connectivity index (χ3v) is 7.09. The molecule has 0 bridgehead atoms. The van der Waals surface area contributed by atoms with E-state index < -0.39 is 34.8 Å². The summed E-state index contributed by atoms with van der Waals surface area (Å²) in [5, 5.41) is 1.90. The quantitative estimate of drug-likeness (QED) is 0.368. The van der Waals surface area contributed by atoms with Crippen LogP contribution in [-0.2, 0) is 27.0 Å². The first-order chi connectivity index (χ1) is 19.1. The maximum absolute atomic E-state index is 13.3. The van der Waals surface area contributed by atoms with Gasteiger partial charge in [0.05, 0.1) is 37.6 Å². The fourth-order valence-electron chi connectivity index (χ4n) is 3.80. The number of hydrogen-bond acceptors (Lipinski definition) is 7. The van der Waals surface area contributed by atoms with Crippen LogP contribution in [0.2, 0.25) is 0 Å². The second-order valence-electron chi connectivity index (χ2n) is 8.64. The Morgan fingerprint density at radius 2 is 1.75 bits per heavy atom. The van der Waals surface area contributed by atoms with E-state index >= 15 is 0 Å². The number of halogens is 3. The predicted octanol–water partition coefficient (Wildman–Crippen LogP) is 5.66. The molecule has 0 aliphatic carbocycles. The number of amidine groups is 1. The molecular weight excluding hydrogens is 547 g/mol. The molecule has 0 saturated carbocycles. The molecule has 2 amide bonds. The van der Waals surface area contributed by atoms with Crippen molar-refractivity contribution in [3.63, 3.8) is 0 Å². The number of rotatable bonds is 7. The van der Waals surface area contributed by atoms with E-state index in [1.54, 1.807) is 24.3 Å². The number of aliphatic imine (C=N–C) groups is 1. The zero-order chi connectivity index (χ0) is 28.9. The summed E-state index contributed by atoms with van der Waals surface area (Å²) in [5.74, 6) is -0.817. The van der Waals surface area contributed by atoms with Crippen LogP contribution in [0.5, 0.6) is 5.75 Å². The summed E-state index contributed by atoms with van der Waals surface area (Å²) in [5.41, 5.74) is 0.535. The van der Waals surface area contributed by atoms with E-state index in [1.807, 2.05) is 0 Å². The van der Waals surface area contributed by atoms with Crippen molar-refractivity contribution in [3.05, 3.63) is 89.5 Å². The molecule has 0 spiro atoms. The number of nitrogens with one attached hydrogen (secondary N) is 1. The Balaban J connectivity index is 1.60. The molecule has 3 aromatic carbocycles. The third kappa shape index (κ3) is 7.00. The van der Waals surface area contributed by atoms with Crippen molar-refractivity contribution in [2.24, 2.45) is 4.99 Å². The lowest BCUT2D eigenvalue weighted by molar-refractivity contribution is -0.137. The van der Waals surface area contributed by atoms with Gasteiger partial charge in [-0.1, -0.05) is 30.0 Å². The first kappa shape index (κ1) is 28.7. The van der Waals surface area contributed by atoms with Gasteiger partial charge < -0.3 is 14.8 Å². The Morgan fingerprint density at radius 1 is 1.05 bits per heavy atom. The molecule has 1 unspecified atom stereocenters. The minimum Gasteiger partial charge on any atom is -0.497 e. The summed E-state index contributed by atoms with van der Waals surface area (Å²) in [6.07, 6.45) is -4.73. The lowest BCUT2D eigenvalue weighted by Gasteiger charge is -2.32. The normalized spacial score (nSPS) is 16.5. The zero-order valence-corrected chi connectivity index (χ0v) is 22.2. The number of carbonyl (C=O) groups is 3. The lowest BCUT2D eigenvalue weighted by atomic mass is 10.1. The number of carbonyl (C=O) groups excluding carboxylic acids is 3. The van der Waals surface area contributed by atoms with Gasteiger partial charge in [0.15, 0.2) is 5.17 Å². The van der Waals surface area contributed by atoms with E-state index in [-0.39, 0.29) is 23.8 Å². The van der Waals surface area contributed by atoms with Gasteiger partial charge in [-0.25, -0.2) is 9.79 Å². The summed E-state index contributed by atoms with van der Waals surface area (Å²) in [4.78, 5) is 43.7. The van der Waals surface area contributed by atoms with Crippen molar-refractivity contribution in [1.29, 1.82) is 0 Å². The van der Waals surface area contributed by atoms with Gasteiger partial charge in [-0.15, -0.1) is 0 Å². The number of nitrogens with zero attached hydrogens (tertiary/aromatic N) is 2. The van der Waals surface area contributed by atoms with Crippen molar-refractivity contribution < 1.29 is 37.0 Å². The highest BCUT2D eigenvalue weighted by atomic mass is 32.2. The van der Waals surface area contributed by atoms with Crippen molar-refractivity contribution in [1.82, 2.24) is 4.90 Å². The number of thioether (sulfide) groups is 1. The molecule has 0 aromatic heterocycles. The van der Waals surface area contributed by atoms with Crippen LogP contribution < -0.4 is 10.1 Å². The third-order valence-electron chi connectivity index (χ3n) is 5.90. The van der Waals surface area contributed by atoms with E-state index in [9.17, 15) is 27.6 Å². The van der Waals surface area contributed by atoms with Gasteiger partial charge in [-0.3, -0.25) is 14.5 Å². The Hall–Kier alpha value is -4.32. The molecule has 1 aliphatic heterocycles. The number of ether oxygens (including phenoxy) is 2. The number of esters is 1. The lowest BCUT2D eigenvalue weighted by Crippen LogP contribution is -2.44. The summed E-state index contributed by atoms with van der Waals surface area (Å²) in [6, 6.07) is 17.4. The van der Waals surface area contributed by atoms with E-state index in [1.165, 1.54) is 55.5 Å². The molecule has 40 heavy (non-hydrogen) atoms. The topological polar surface area (TPSA) is 97.3 Å². The van der Waals surface area contributed by atoms with Crippen LogP contribution in [0, 0.1) is 0 Å². The first-order valence-electron chi connectivity index (χ1n) is 11.9. The molecule has 0 radical (unpaired) electrons. The van der Waals surface area contributed by atoms with Crippen LogP contribution in [0.3, 0.4) is 0 Å². The first-order valence-corrected chi connectivity index (χ1v) is 12.8. The second-order valence-corrected chi connectivity index (χ2v) is 9.81. The molecule has 1 aliphatic rings. The summed E-state index contributed by atoms with van der Waals surface area (Å²) in [7, 11) is 2.78. The van der Waals surface area contributed by atoms with Gasteiger partial charge in [0.25, 0.3) is 0 Å². The SMILES string of the molecule is COC(=O)c1ccc(NC(=O)C2CC(=O)N(Cc3ccc(OC)cc3)C(=Nc3cccc(C(F)(F)F)c3)S2)cc1. The molecule has 208 valence electrons. The Morgan fingerprint density at radius 3 is 2.38 bits per heavy atom. The molecule has 1 fully saturated rings. The molecule has 1 N–H and O–H groups in total. The van der Waals surface area contributed by atoms with Crippen LogP contribution in [0.15, 0.2) is 77.8 Å². The molecule has 1 atom stereocenters. The highest BCUT2D eigenvalue weighted by Gasteiger charge is 2.36. The van der Waals surface area contributed by atoms with E-state index in [4.69, 9.17) is 4.74 Å². The number of anilines is 1. The molecule has 4 rings (SSSR count). The fourth-order valence-corrected chi connectivity index (χ4v) is 4.90. The average Bonchev–Trinajstić information content (AvgIpc) is 2.94. The number of amides is 2. The summed E-state index contributed by atoms with van der Waals surface area (Å²) < 4.78 is 49.7. The number of alkyl halides is 3. The van der Waals surface area contributed by atoms with E-state index in [0.717, 1.165) is 29.5 Å². The van der Waals surface area contributed by atoms with Crippen molar-refractivity contribution in [3.8, 4) is 5.75 Å². The van der Waals surface area contributed by atoms with Crippen LogP contribution in [0.4, 0.5) is 24.5 Å². The number of methoxy groups -OCH3 is 2. The van der Waals surface area contributed by atoms with Crippen LogP contribution in [-0.4, -0.2) is 47.3 Å². The fraction of sp³-hybridized carbons (Fsp3) is 0.214. The Bertz CT molecular complexity index is 1430. The smallest absolute Gasteiger partial charge is 0.416 e. The molecule has 3 aromatic rings. The van der Waals surface area contributed by atoms with Gasteiger partial charge in [0.2, 0.25) is 11.8 Å². The molecule has 8 nitrogen and oxygen atoms in total. The molecule has 1 heterocycles. The van der Waals surface area contributed by atoms with Crippen molar-refractivity contribution in [2.75, 3.05) is 19.5 Å². The zero-order valence-electron chi connectivity index (χ0n) is 21.4. The highest BCUT2D eigenvalue weighted by molar-refractivity contribution is 8.15. The van der Waals surface area contributed by atoms with Crippen molar-refractivity contribution in [2.45, 2.75) is 24.4 Å². The van der Waals surface area contributed by atoms with E-state index in [0.29, 0.717) is 17.0 Å². The minimum absolute atomic E-state index is 0.00990. The predicted molar refractivity (Wildman–Crippen MR) is 144 cm³/mol. The van der Waals surface area contributed by atoms with Crippen LogP contribution >= 0.6 is 11.8 Å². The van der Waals surface area contributed by atoms with Gasteiger partial charge in [0.1, 0.15) is 11.0 Å². The van der Waals surface area contributed by atoms with Gasteiger partial charge in [-0.2, -0.15) is 13.2 Å². The number of benzene rings is 3. The minimum atomic E-state index is -4.57. The van der Waals surface area contributed by atoms with Gasteiger partial charge in [-0.05, 0) is 60.2 Å². The van der Waals surface area contributed by atoms with E-state index in [2.05, 4.69) is 15.0 Å².